The van der Waals surface area contributed by atoms with Crippen molar-refractivity contribution in [2.75, 3.05) is 0 Å². The quantitative estimate of drug-likeness (QED) is 0.608. The third-order valence-corrected chi connectivity index (χ3v) is 2.45. The summed E-state index contributed by atoms with van der Waals surface area (Å²) in [5, 5.41) is 0. The van der Waals surface area contributed by atoms with Gasteiger partial charge in [0.25, 0.3) is 0 Å². The molecule has 0 amide bonds. The fourth-order valence-corrected chi connectivity index (χ4v) is 1.59. The van der Waals surface area contributed by atoms with Gasteiger partial charge >= 0.3 is 0 Å². The van der Waals surface area contributed by atoms with Crippen molar-refractivity contribution in [3.05, 3.63) is 59.4 Å². The van der Waals surface area contributed by atoms with Crippen LogP contribution in [0.2, 0.25) is 0 Å². The maximum Gasteiger partial charge on any atom is 0.0812 e. The number of aryl methyl sites for hydroxylation is 2. The summed E-state index contributed by atoms with van der Waals surface area (Å²) in [7, 11) is 0. The zero-order valence-corrected chi connectivity index (χ0v) is 10.8. The van der Waals surface area contributed by atoms with Crippen LogP contribution in [0, 0.1) is 13.8 Å². The van der Waals surface area contributed by atoms with Crippen LogP contribution in [-0.2, 0) is 17.1 Å². The zero-order chi connectivity index (χ0) is 11.4. The van der Waals surface area contributed by atoms with Crippen molar-refractivity contribution in [2.45, 2.75) is 13.8 Å². The number of aromatic nitrogens is 1. The van der Waals surface area contributed by atoms with Gasteiger partial charge in [-0.1, -0.05) is 24.3 Å². The van der Waals surface area contributed by atoms with Crippen LogP contribution in [0.1, 0.15) is 16.8 Å². The number of para-hydroxylation sites is 1. The first-order chi connectivity index (χ1) is 7.77. The maximum atomic E-state index is 4.49. The van der Waals surface area contributed by atoms with Crippen LogP contribution in [0.5, 0.6) is 0 Å². The Hall–Kier alpha value is -1.44. The van der Waals surface area contributed by atoms with Crippen LogP contribution < -0.4 is 0 Å². The number of nitrogens with zero attached hydrogens (tertiary/aromatic N) is 2. The molecule has 0 N–H and O–H groups in total. The molecule has 1 heterocycles. The first-order valence-corrected chi connectivity index (χ1v) is 5.28. The summed E-state index contributed by atoms with van der Waals surface area (Å²) in [5.74, 6) is 0. The molecule has 2 rings (SSSR count). The molecular formula is C14H14CuN2. The van der Waals surface area contributed by atoms with Crippen LogP contribution in [0.15, 0.2) is 47.6 Å². The molecule has 2 nitrogen and oxygen atoms in total. The van der Waals surface area contributed by atoms with Crippen molar-refractivity contribution in [1.29, 1.82) is 0 Å². The van der Waals surface area contributed by atoms with Gasteiger partial charge in [0.05, 0.1) is 17.6 Å². The van der Waals surface area contributed by atoms with E-state index in [0.717, 1.165) is 11.4 Å². The molecule has 91 valence electrons. The predicted octanol–water partition coefficient (Wildman–Crippen LogP) is 3.45. The first-order valence-electron chi connectivity index (χ1n) is 5.28. The molecule has 1 aromatic heterocycles. The van der Waals surface area contributed by atoms with Crippen LogP contribution in [0.25, 0.3) is 0 Å². The van der Waals surface area contributed by atoms with Gasteiger partial charge in [-0.15, -0.1) is 0 Å². The molecule has 0 fully saturated rings. The minimum absolute atomic E-state index is 0. The van der Waals surface area contributed by atoms with Crippen molar-refractivity contribution >= 4 is 11.9 Å². The van der Waals surface area contributed by atoms with Gasteiger partial charge in [-0.05, 0) is 37.1 Å². The summed E-state index contributed by atoms with van der Waals surface area (Å²) in [6, 6.07) is 12.0. The van der Waals surface area contributed by atoms with Gasteiger partial charge in [0, 0.05) is 23.3 Å². The number of rotatable bonds is 2. The number of pyridine rings is 1. The molecule has 0 aliphatic rings. The second-order valence-electron chi connectivity index (χ2n) is 3.75. The molecule has 17 heavy (non-hydrogen) atoms. The van der Waals surface area contributed by atoms with Gasteiger partial charge in [-0.3, -0.25) is 9.98 Å². The summed E-state index contributed by atoms with van der Waals surface area (Å²) in [6.45, 7) is 4.14. The summed E-state index contributed by atoms with van der Waals surface area (Å²) in [6.07, 6.45) is 3.57. The average molecular weight is 274 g/mol. The Balaban J connectivity index is 0.00000144. The van der Waals surface area contributed by atoms with Crippen LogP contribution in [0.4, 0.5) is 5.69 Å². The molecule has 0 saturated heterocycles. The third-order valence-electron chi connectivity index (χ3n) is 2.45. The average Bonchev–Trinajstić information content (AvgIpc) is 2.30. The Kier molecular flexibility index (Phi) is 5.08. The van der Waals surface area contributed by atoms with Gasteiger partial charge in [0.15, 0.2) is 0 Å². The Morgan fingerprint density at radius 1 is 1.00 bits per heavy atom. The van der Waals surface area contributed by atoms with Crippen molar-refractivity contribution in [3.8, 4) is 0 Å². The normalized spacial score (nSPS) is 10.2. The van der Waals surface area contributed by atoms with E-state index < -0.39 is 0 Å². The molecule has 1 aromatic carbocycles. The van der Waals surface area contributed by atoms with Crippen molar-refractivity contribution in [1.82, 2.24) is 4.98 Å². The summed E-state index contributed by atoms with van der Waals surface area (Å²) in [4.78, 5) is 8.69. The third kappa shape index (κ3) is 3.52. The van der Waals surface area contributed by atoms with Crippen LogP contribution >= 0.6 is 0 Å². The molecule has 0 unspecified atom stereocenters. The molecule has 1 radical (unpaired) electrons. The van der Waals surface area contributed by atoms with Crippen LogP contribution in [0.3, 0.4) is 0 Å². The molecule has 0 aliphatic carbocycles. The molecular weight excluding hydrogens is 260 g/mol. The maximum absolute atomic E-state index is 4.49. The van der Waals surface area contributed by atoms with Gasteiger partial charge in [-0.2, -0.15) is 0 Å². The molecule has 0 saturated carbocycles. The summed E-state index contributed by atoms with van der Waals surface area (Å²) < 4.78 is 0. The number of aliphatic imine (C=N–C) groups is 1. The van der Waals surface area contributed by atoms with E-state index in [4.69, 9.17) is 0 Å². The van der Waals surface area contributed by atoms with Crippen molar-refractivity contribution in [2.24, 2.45) is 4.99 Å². The van der Waals surface area contributed by atoms with E-state index in [0.29, 0.717) is 0 Å². The minimum atomic E-state index is 0. The largest absolute Gasteiger partial charge is 0.255 e. The fraction of sp³-hybridized carbons (Fsp3) is 0.143. The zero-order valence-electron chi connectivity index (χ0n) is 9.81. The second kappa shape index (κ2) is 6.33. The standard InChI is InChI=1S/C14H14N2.Cu/c1-11-6-5-7-12(2)14(11)16-10-13-8-3-4-9-15-13;/h3-10H,1-2H3;. The van der Waals surface area contributed by atoms with Crippen molar-refractivity contribution < 1.29 is 17.1 Å². The van der Waals surface area contributed by atoms with E-state index in [9.17, 15) is 0 Å². The van der Waals surface area contributed by atoms with Gasteiger partial charge in [0.1, 0.15) is 0 Å². The SMILES string of the molecule is Cc1cccc(C)c1N=Cc1ccccn1.[Cu]. The monoisotopic (exact) mass is 273 g/mol. The van der Waals surface area contributed by atoms with E-state index in [1.807, 2.05) is 24.3 Å². The minimum Gasteiger partial charge on any atom is -0.255 e. The van der Waals surface area contributed by atoms with E-state index in [1.54, 1.807) is 12.4 Å². The Morgan fingerprint density at radius 3 is 2.29 bits per heavy atom. The number of benzene rings is 1. The second-order valence-corrected chi connectivity index (χ2v) is 3.75. The van der Waals surface area contributed by atoms with E-state index in [2.05, 4.69) is 36.0 Å². The summed E-state index contributed by atoms with van der Waals surface area (Å²) >= 11 is 0. The molecule has 0 bridgehead atoms. The Bertz CT molecular complexity index is 487. The molecule has 0 atom stereocenters. The number of hydrogen-bond acceptors (Lipinski definition) is 2. The van der Waals surface area contributed by atoms with E-state index >= 15 is 0 Å². The molecule has 0 aliphatic heterocycles. The first kappa shape index (κ1) is 13.6. The molecule has 2 aromatic rings. The molecule has 0 spiro atoms. The van der Waals surface area contributed by atoms with Crippen molar-refractivity contribution in [3.63, 3.8) is 0 Å². The summed E-state index contributed by atoms with van der Waals surface area (Å²) in [5.41, 5.74) is 4.29. The fourth-order valence-electron chi connectivity index (χ4n) is 1.59. The Morgan fingerprint density at radius 2 is 1.71 bits per heavy atom. The van der Waals surface area contributed by atoms with Gasteiger partial charge in [-0.25, -0.2) is 0 Å². The predicted molar refractivity (Wildman–Crippen MR) is 67.4 cm³/mol. The molecule has 3 heteroatoms. The Labute approximate surface area is 112 Å². The van der Waals surface area contributed by atoms with Gasteiger partial charge in [0.2, 0.25) is 0 Å². The van der Waals surface area contributed by atoms with Gasteiger partial charge < -0.3 is 0 Å². The number of hydrogen-bond donors (Lipinski definition) is 0. The van der Waals surface area contributed by atoms with E-state index in [1.165, 1.54) is 11.1 Å². The smallest absolute Gasteiger partial charge is 0.0812 e. The van der Waals surface area contributed by atoms with Crippen LogP contribution in [-0.4, -0.2) is 11.2 Å². The topological polar surface area (TPSA) is 25.2 Å². The van der Waals surface area contributed by atoms with E-state index in [-0.39, 0.29) is 17.1 Å².